The monoisotopic (exact) mass is 483 g/mol. The fraction of sp³-hybridized carbons (Fsp3) is 0.417. The number of carbonyl (C=O) groups is 1. The van der Waals surface area contributed by atoms with Gasteiger partial charge in [0, 0.05) is 57.0 Å². The number of sulfonamides is 1. The summed E-state index contributed by atoms with van der Waals surface area (Å²) in [6, 6.07) is 5.59. The largest absolute Gasteiger partial charge is 0.340 e. The number of aryl methyl sites for hydroxylation is 3. The zero-order chi connectivity index (χ0) is 24.5. The number of hydrogen-bond acceptors (Lipinski definition) is 7. The molecule has 1 aliphatic heterocycles. The highest BCUT2D eigenvalue weighted by Gasteiger charge is 2.32. The standard InChI is InChI=1S/C24H29N5O4S/c1-16-15-17(2)19(4)23(18(16)3)34(31,32)29-13-11-28(12-14-29)22(30)6-5-21-26-24(27-33-21)20-7-9-25-10-8-20/h7-10,15H,5-6,11-14H2,1-4H3. The summed E-state index contributed by atoms with van der Waals surface area (Å²) in [6.45, 7) is 8.82. The molecule has 0 spiro atoms. The molecule has 4 rings (SSSR count). The van der Waals surface area contributed by atoms with Crippen LogP contribution in [0.3, 0.4) is 0 Å². The molecule has 10 heteroatoms. The number of hydrogen-bond donors (Lipinski definition) is 0. The van der Waals surface area contributed by atoms with Gasteiger partial charge in [-0.25, -0.2) is 8.42 Å². The Morgan fingerprint density at radius 3 is 2.24 bits per heavy atom. The number of amides is 1. The second-order valence-electron chi connectivity index (χ2n) is 8.62. The summed E-state index contributed by atoms with van der Waals surface area (Å²) in [6.07, 6.45) is 3.85. The van der Waals surface area contributed by atoms with Gasteiger partial charge in [-0.15, -0.1) is 0 Å². The third-order valence-corrected chi connectivity index (χ3v) is 8.62. The molecule has 34 heavy (non-hydrogen) atoms. The smallest absolute Gasteiger partial charge is 0.243 e. The maximum absolute atomic E-state index is 13.4. The summed E-state index contributed by atoms with van der Waals surface area (Å²) in [5.74, 6) is 0.794. The van der Waals surface area contributed by atoms with Crippen LogP contribution in [0.25, 0.3) is 11.4 Å². The van der Waals surface area contributed by atoms with Gasteiger partial charge >= 0.3 is 0 Å². The average molecular weight is 484 g/mol. The second kappa shape index (κ2) is 9.63. The number of carbonyl (C=O) groups excluding carboxylic acids is 1. The van der Waals surface area contributed by atoms with Crippen molar-refractivity contribution in [3.63, 3.8) is 0 Å². The molecule has 9 nitrogen and oxygen atoms in total. The van der Waals surface area contributed by atoms with Crippen LogP contribution in [0.2, 0.25) is 0 Å². The minimum absolute atomic E-state index is 0.0560. The normalized spacial score (nSPS) is 15.0. The fourth-order valence-electron chi connectivity index (χ4n) is 4.22. The molecule has 1 aliphatic rings. The summed E-state index contributed by atoms with van der Waals surface area (Å²) in [7, 11) is -3.64. The molecule has 0 radical (unpaired) electrons. The van der Waals surface area contributed by atoms with E-state index in [2.05, 4.69) is 15.1 Å². The average Bonchev–Trinajstić information content (AvgIpc) is 3.31. The molecular weight excluding hydrogens is 454 g/mol. The molecule has 0 saturated carbocycles. The molecule has 0 atom stereocenters. The van der Waals surface area contributed by atoms with E-state index < -0.39 is 10.0 Å². The van der Waals surface area contributed by atoms with E-state index >= 15 is 0 Å². The molecule has 3 heterocycles. The SMILES string of the molecule is Cc1cc(C)c(C)c(S(=O)(=O)N2CCN(C(=O)CCc3nc(-c4ccncc4)no3)CC2)c1C. The number of piperazine rings is 1. The van der Waals surface area contributed by atoms with Crippen molar-refractivity contribution in [1.29, 1.82) is 0 Å². The number of rotatable bonds is 6. The second-order valence-corrected chi connectivity index (χ2v) is 10.5. The first-order valence-electron chi connectivity index (χ1n) is 11.3. The molecule has 1 aromatic carbocycles. The van der Waals surface area contributed by atoms with Crippen LogP contribution < -0.4 is 0 Å². The summed E-state index contributed by atoms with van der Waals surface area (Å²) in [4.78, 5) is 23.1. The van der Waals surface area contributed by atoms with Crippen molar-refractivity contribution in [1.82, 2.24) is 24.3 Å². The van der Waals surface area contributed by atoms with Gasteiger partial charge in [-0.2, -0.15) is 9.29 Å². The van der Waals surface area contributed by atoms with Crippen LogP contribution >= 0.6 is 0 Å². The van der Waals surface area contributed by atoms with E-state index in [9.17, 15) is 13.2 Å². The van der Waals surface area contributed by atoms with Gasteiger partial charge in [0.05, 0.1) is 4.90 Å². The van der Waals surface area contributed by atoms with Gasteiger partial charge in [-0.1, -0.05) is 11.2 Å². The Bertz CT molecular complexity index is 1270. The minimum Gasteiger partial charge on any atom is -0.340 e. The molecule has 0 bridgehead atoms. The number of pyridine rings is 1. The molecule has 1 fully saturated rings. The van der Waals surface area contributed by atoms with Gasteiger partial charge in [0.2, 0.25) is 27.6 Å². The molecule has 3 aromatic rings. The van der Waals surface area contributed by atoms with Crippen molar-refractivity contribution in [3.8, 4) is 11.4 Å². The van der Waals surface area contributed by atoms with E-state index in [-0.39, 0.29) is 25.4 Å². The van der Waals surface area contributed by atoms with E-state index in [1.54, 1.807) is 29.4 Å². The van der Waals surface area contributed by atoms with Gasteiger partial charge in [0.1, 0.15) is 0 Å². The van der Waals surface area contributed by atoms with Crippen LogP contribution in [0.1, 0.15) is 34.6 Å². The predicted molar refractivity (Wildman–Crippen MR) is 127 cm³/mol. The third-order valence-electron chi connectivity index (χ3n) is 6.45. The van der Waals surface area contributed by atoms with E-state index in [0.29, 0.717) is 36.1 Å². The van der Waals surface area contributed by atoms with E-state index in [0.717, 1.165) is 27.8 Å². The van der Waals surface area contributed by atoms with Gasteiger partial charge in [-0.05, 0) is 62.1 Å². The predicted octanol–water partition coefficient (Wildman–Crippen LogP) is 2.83. The Labute approximate surface area is 199 Å². The maximum atomic E-state index is 13.4. The number of aromatic nitrogens is 3. The lowest BCUT2D eigenvalue weighted by molar-refractivity contribution is -0.132. The Balaban J connectivity index is 1.36. The molecule has 0 unspecified atom stereocenters. The number of nitrogens with zero attached hydrogens (tertiary/aromatic N) is 5. The van der Waals surface area contributed by atoms with E-state index in [1.165, 1.54) is 4.31 Å². The van der Waals surface area contributed by atoms with Crippen molar-refractivity contribution in [2.45, 2.75) is 45.4 Å². The van der Waals surface area contributed by atoms with Crippen LogP contribution in [0.15, 0.2) is 40.0 Å². The summed E-state index contributed by atoms with van der Waals surface area (Å²) in [5.41, 5.74) is 4.29. The van der Waals surface area contributed by atoms with Crippen LogP contribution in [-0.2, 0) is 21.2 Å². The van der Waals surface area contributed by atoms with Crippen LogP contribution in [0.5, 0.6) is 0 Å². The van der Waals surface area contributed by atoms with Gasteiger partial charge in [0.25, 0.3) is 0 Å². The maximum Gasteiger partial charge on any atom is 0.243 e. The van der Waals surface area contributed by atoms with Gasteiger partial charge in [-0.3, -0.25) is 9.78 Å². The lowest BCUT2D eigenvalue weighted by Gasteiger charge is -2.34. The van der Waals surface area contributed by atoms with E-state index in [4.69, 9.17) is 4.52 Å². The first-order chi connectivity index (χ1) is 16.2. The molecule has 0 aliphatic carbocycles. The first kappa shape index (κ1) is 24.0. The Morgan fingerprint density at radius 1 is 1.00 bits per heavy atom. The van der Waals surface area contributed by atoms with E-state index in [1.807, 2.05) is 33.8 Å². The lowest BCUT2D eigenvalue weighted by atomic mass is 10.0. The van der Waals surface area contributed by atoms with Crippen molar-refractivity contribution in [2.75, 3.05) is 26.2 Å². The van der Waals surface area contributed by atoms with Crippen molar-refractivity contribution in [3.05, 3.63) is 58.7 Å². The summed E-state index contributed by atoms with van der Waals surface area (Å²) >= 11 is 0. The Kier molecular flexibility index (Phi) is 6.81. The van der Waals surface area contributed by atoms with Crippen LogP contribution in [0, 0.1) is 27.7 Å². The quantitative estimate of drug-likeness (QED) is 0.530. The topological polar surface area (TPSA) is 110 Å². The number of benzene rings is 1. The van der Waals surface area contributed by atoms with Gasteiger partial charge < -0.3 is 9.42 Å². The summed E-state index contributed by atoms with van der Waals surface area (Å²) < 4.78 is 33.6. The third kappa shape index (κ3) is 4.74. The minimum atomic E-state index is -3.64. The highest BCUT2D eigenvalue weighted by molar-refractivity contribution is 7.89. The highest BCUT2D eigenvalue weighted by Crippen LogP contribution is 2.29. The Morgan fingerprint density at radius 2 is 1.62 bits per heavy atom. The zero-order valence-electron chi connectivity index (χ0n) is 19.9. The molecule has 0 N–H and O–H groups in total. The first-order valence-corrected chi connectivity index (χ1v) is 12.7. The van der Waals surface area contributed by atoms with Crippen molar-refractivity contribution >= 4 is 15.9 Å². The van der Waals surface area contributed by atoms with Gasteiger partial charge in [0.15, 0.2) is 0 Å². The van der Waals surface area contributed by atoms with Crippen molar-refractivity contribution in [2.24, 2.45) is 0 Å². The zero-order valence-corrected chi connectivity index (χ0v) is 20.7. The molecule has 180 valence electrons. The van der Waals surface area contributed by atoms with Crippen molar-refractivity contribution < 1.29 is 17.7 Å². The molecule has 1 amide bonds. The lowest BCUT2D eigenvalue weighted by Crippen LogP contribution is -2.50. The molecular formula is C24H29N5O4S. The summed E-state index contributed by atoms with van der Waals surface area (Å²) in [5, 5.41) is 3.96. The highest BCUT2D eigenvalue weighted by atomic mass is 32.2. The fourth-order valence-corrected chi connectivity index (χ4v) is 6.22. The molecule has 2 aromatic heterocycles. The van der Waals surface area contributed by atoms with Crippen LogP contribution in [0.4, 0.5) is 0 Å². The van der Waals surface area contributed by atoms with Crippen LogP contribution in [-0.4, -0.2) is 64.8 Å². The Hall–Kier alpha value is -3.11. The molecule has 1 saturated heterocycles.